The highest BCUT2D eigenvalue weighted by Gasteiger charge is 2.18. The molecule has 2 rings (SSSR count). The van der Waals surface area contributed by atoms with Crippen LogP contribution in [-0.2, 0) is 16.1 Å². The Labute approximate surface area is 116 Å². The number of rotatable bonds is 4. The van der Waals surface area contributed by atoms with Gasteiger partial charge in [0.15, 0.2) is 0 Å². The average Bonchev–Trinajstić information content (AvgIpc) is 2.94. The fraction of sp³-hybridized carbons (Fsp3) is 0.462. The Morgan fingerprint density at radius 2 is 1.95 bits per heavy atom. The SMILES string of the molecule is Nc1ccc(=O)n(CC(=O)NCC(=O)N2CCCC2)c1. The normalized spacial score (nSPS) is 14.3. The molecular formula is C13H18N4O3. The Kier molecular flexibility index (Phi) is 4.39. The molecule has 0 unspecified atom stereocenters. The lowest BCUT2D eigenvalue weighted by molar-refractivity contribution is -0.132. The van der Waals surface area contributed by atoms with Crippen LogP contribution in [0.15, 0.2) is 23.1 Å². The molecule has 1 aliphatic heterocycles. The van der Waals surface area contributed by atoms with Crippen molar-refractivity contribution in [2.45, 2.75) is 19.4 Å². The number of nitrogens with two attached hydrogens (primary N) is 1. The standard InChI is InChI=1S/C13H18N4O3/c14-10-3-4-12(19)17(8-10)9-11(18)15-7-13(20)16-5-1-2-6-16/h3-4,8H,1-2,5-7,9,14H2,(H,15,18). The van der Waals surface area contributed by atoms with Gasteiger partial charge >= 0.3 is 0 Å². The smallest absolute Gasteiger partial charge is 0.251 e. The van der Waals surface area contributed by atoms with Crippen molar-refractivity contribution in [2.24, 2.45) is 0 Å². The topological polar surface area (TPSA) is 97.4 Å². The predicted octanol–water partition coefficient (Wildman–Crippen LogP) is -0.831. The third-order valence-corrected chi connectivity index (χ3v) is 3.22. The minimum absolute atomic E-state index is 0.0318. The summed E-state index contributed by atoms with van der Waals surface area (Å²) in [5, 5.41) is 2.52. The van der Waals surface area contributed by atoms with Crippen molar-refractivity contribution >= 4 is 17.5 Å². The molecule has 0 aliphatic carbocycles. The van der Waals surface area contributed by atoms with Gasteiger partial charge in [0.2, 0.25) is 11.8 Å². The molecule has 0 atom stereocenters. The minimum Gasteiger partial charge on any atom is -0.398 e. The van der Waals surface area contributed by atoms with Crippen molar-refractivity contribution in [3.63, 3.8) is 0 Å². The molecule has 0 bridgehead atoms. The van der Waals surface area contributed by atoms with E-state index >= 15 is 0 Å². The van der Waals surface area contributed by atoms with Crippen molar-refractivity contribution in [1.82, 2.24) is 14.8 Å². The molecular weight excluding hydrogens is 260 g/mol. The van der Waals surface area contributed by atoms with Gasteiger partial charge in [0.25, 0.3) is 5.56 Å². The summed E-state index contributed by atoms with van der Waals surface area (Å²) in [5.41, 5.74) is 5.66. The van der Waals surface area contributed by atoms with Crippen molar-refractivity contribution in [2.75, 3.05) is 25.4 Å². The number of pyridine rings is 1. The number of amides is 2. The Bertz CT molecular complexity index is 561. The molecule has 1 aromatic rings. The van der Waals surface area contributed by atoms with E-state index in [9.17, 15) is 14.4 Å². The van der Waals surface area contributed by atoms with Crippen LogP contribution in [0.4, 0.5) is 5.69 Å². The molecule has 1 saturated heterocycles. The Morgan fingerprint density at radius 3 is 2.65 bits per heavy atom. The number of hydrogen-bond acceptors (Lipinski definition) is 4. The van der Waals surface area contributed by atoms with Gasteiger partial charge in [0.05, 0.1) is 6.54 Å². The van der Waals surface area contributed by atoms with E-state index in [1.54, 1.807) is 4.90 Å². The highest BCUT2D eigenvalue weighted by molar-refractivity contribution is 5.84. The van der Waals surface area contributed by atoms with Gasteiger partial charge in [-0.2, -0.15) is 0 Å². The first-order chi connectivity index (χ1) is 9.56. The van der Waals surface area contributed by atoms with Gasteiger partial charge in [-0.05, 0) is 18.9 Å². The van der Waals surface area contributed by atoms with Crippen LogP contribution in [0.3, 0.4) is 0 Å². The maximum absolute atomic E-state index is 11.7. The van der Waals surface area contributed by atoms with Crippen LogP contribution < -0.4 is 16.6 Å². The van der Waals surface area contributed by atoms with E-state index in [-0.39, 0.29) is 30.5 Å². The van der Waals surface area contributed by atoms with E-state index in [0.717, 1.165) is 25.9 Å². The first-order valence-electron chi connectivity index (χ1n) is 6.57. The Hall–Kier alpha value is -2.31. The van der Waals surface area contributed by atoms with Gasteiger partial charge in [-0.1, -0.05) is 0 Å². The fourth-order valence-corrected chi connectivity index (χ4v) is 2.14. The minimum atomic E-state index is -0.384. The van der Waals surface area contributed by atoms with Crippen LogP contribution in [0.2, 0.25) is 0 Å². The lowest BCUT2D eigenvalue weighted by Gasteiger charge is -2.15. The average molecular weight is 278 g/mol. The van der Waals surface area contributed by atoms with Gasteiger partial charge in [0.1, 0.15) is 6.54 Å². The number of hydrogen-bond donors (Lipinski definition) is 2. The van der Waals surface area contributed by atoms with E-state index in [1.165, 1.54) is 22.9 Å². The number of likely N-dealkylation sites (tertiary alicyclic amines) is 1. The summed E-state index contributed by atoms with van der Waals surface area (Å²) in [4.78, 5) is 36.7. The molecule has 7 heteroatoms. The maximum Gasteiger partial charge on any atom is 0.251 e. The number of aromatic nitrogens is 1. The molecule has 108 valence electrons. The van der Waals surface area contributed by atoms with Gasteiger partial charge in [0, 0.05) is 31.0 Å². The lowest BCUT2D eigenvalue weighted by Crippen LogP contribution is -2.40. The Morgan fingerprint density at radius 1 is 1.25 bits per heavy atom. The molecule has 3 N–H and O–H groups in total. The van der Waals surface area contributed by atoms with Crippen LogP contribution in [-0.4, -0.2) is 40.9 Å². The molecule has 2 heterocycles. The molecule has 0 saturated carbocycles. The number of nitrogen functional groups attached to an aromatic ring is 1. The summed E-state index contributed by atoms with van der Waals surface area (Å²) < 4.78 is 1.21. The van der Waals surface area contributed by atoms with Gasteiger partial charge in [-0.3, -0.25) is 14.4 Å². The van der Waals surface area contributed by atoms with Crippen molar-refractivity contribution < 1.29 is 9.59 Å². The lowest BCUT2D eigenvalue weighted by atomic mass is 10.4. The molecule has 0 aromatic carbocycles. The van der Waals surface area contributed by atoms with Crippen LogP contribution in [0, 0.1) is 0 Å². The summed E-state index contributed by atoms with van der Waals surface area (Å²) in [6.45, 7) is 1.33. The number of nitrogens with zero attached hydrogens (tertiary/aromatic N) is 2. The maximum atomic E-state index is 11.7. The van der Waals surface area contributed by atoms with Crippen molar-refractivity contribution in [1.29, 1.82) is 0 Å². The van der Waals surface area contributed by atoms with E-state index < -0.39 is 0 Å². The second-order valence-electron chi connectivity index (χ2n) is 4.79. The number of carbonyl (C=O) groups excluding carboxylic acids is 2. The van der Waals surface area contributed by atoms with E-state index in [2.05, 4.69) is 5.32 Å². The van der Waals surface area contributed by atoms with Crippen molar-refractivity contribution in [3.05, 3.63) is 28.7 Å². The van der Waals surface area contributed by atoms with Crippen LogP contribution in [0.1, 0.15) is 12.8 Å². The van der Waals surface area contributed by atoms with Crippen LogP contribution >= 0.6 is 0 Å². The molecule has 20 heavy (non-hydrogen) atoms. The van der Waals surface area contributed by atoms with E-state index in [4.69, 9.17) is 5.73 Å². The van der Waals surface area contributed by atoms with Crippen LogP contribution in [0.5, 0.6) is 0 Å². The summed E-state index contributed by atoms with van der Waals surface area (Å²) in [7, 11) is 0. The second kappa shape index (κ2) is 6.23. The zero-order valence-electron chi connectivity index (χ0n) is 11.2. The van der Waals surface area contributed by atoms with Gasteiger partial charge in [-0.25, -0.2) is 0 Å². The number of carbonyl (C=O) groups is 2. The molecule has 2 amide bonds. The predicted molar refractivity (Wildman–Crippen MR) is 73.9 cm³/mol. The van der Waals surface area contributed by atoms with Gasteiger partial charge in [-0.15, -0.1) is 0 Å². The molecule has 1 aliphatic rings. The number of anilines is 1. The van der Waals surface area contributed by atoms with E-state index in [1.807, 2.05) is 0 Å². The van der Waals surface area contributed by atoms with Gasteiger partial charge < -0.3 is 20.5 Å². The molecule has 7 nitrogen and oxygen atoms in total. The molecule has 0 spiro atoms. The quantitative estimate of drug-likeness (QED) is 0.751. The zero-order chi connectivity index (χ0) is 14.5. The fourth-order valence-electron chi connectivity index (χ4n) is 2.14. The first kappa shape index (κ1) is 14.1. The summed E-state index contributed by atoms with van der Waals surface area (Å²) in [6.07, 6.45) is 3.43. The first-order valence-corrected chi connectivity index (χ1v) is 6.57. The summed E-state index contributed by atoms with van der Waals surface area (Å²) in [6, 6.07) is 2.78. The monoisotopic (exact) mass is 278 g/mol. The molecule has 1 aromatic heterocycles. The summed E-state index contributed by atoms with van der Waals surface area (Å²) in [5.74, 6) is -0.471. The third-order valence-electron chi connectivity index (χ3n) is 3.22. The van der Waals surface area contributed by atoms with Crippen LogP contribution in [0.25, 0.3) is 0 Å². The molecule has 1 fully saturated rings. The highest BCUT2D eigenvalue weighted by Crippen LogP contribution is 2.06. The summed E-state index contributed by atoms with van der Waals surface area (Å²) >= 11 is 0. The zero-order valence-corrected chi connectivity index (χ0v) is 11.2. The third kappa shape index (κ3) is 3.59. The van der Waals surface area contributed by atoms with E-state index in [0.29, 0.717) is 5.69 Å². The largest absolute Gasteiger partial charge is 0.398 e. The number of nitrogens with one attached hydrogen (secondary N) is 1. The highest BCUT2D eigenvalue weighted by atomic mass is 16.2. The second-order valence-corrected chi connectivity index (χ2v) is 4.79. The van der Waals surface area contributed by atoms with Crippen molar-refractivity contribution in [3.8, 4) is 0 Å². The Balaban J connectivity index is 1.84. The molecule has 0 radical (unpaired) electrons.